The van der Waals surface area contributed by atoms with Crippen molar-refractivity contribution in [1.82, 2.24) is 5.32 Å². The molecule has 1 saturated heterocycles. The topological polar surface area (TPSA) is 67.9 Å². The lowest BCUT2D eigenvalue weighted by molar-refractivity contribution is -0.189. The molecule has 1 aromatic carbocycles. The minimum absolute atomic E-state index is 0.0190. The van der Waals surface area contributed by atoms with Crippen LogP contribution in [0.25, 0.3) is 0 Å². The van der Waals surface area contributed by atoms with E-state index in [-0.39, 0.29) is 25.3 Å². The number of anilines is 1. The number of rotatable bonds is 5. The van der Waals surface area contributed by atoms with Crippen LogP contribution in [0.3, 0.4) is 0 Å². The number of nitrogens with one attached hydrogen (secondary N) is 1. The Bertz CT molecular complexity index is 769. The first-order valence-corrected chi connectivity index (χ1v) is 9.64. The van der Waals surface area contributed by atoms with Gasteiger partial charge in [0.1, 0.15) is 11.5 Å². The molecule has 6 nitrogen and oxygen atoms in total. The molecule has 29 heavy (non-hydrogen) atoms. The smallest absolute Gasteiger partial charge is 0.393 e. The average molecular weight is 414 g/mol. The van der Waals surface area contributed by atoms with Gasteiger partial charge in [-0.05, 0) is 25.0 Å². The van der Waals surface area contributed by atoms with Gasteiger partial charge in [-0.15, -0.1) is 0 Å². The number of ether oxygens (including phenoxy) is 2. The molecule has 3 rings (SSSR count). The highest BCUT2D eigenvalue weighted by Crippen LogP contribution is 2.39. The van der Waals surface area contributed by atoms with Crippen molar-refractivity contribution in [2.75, 3.05) is 25.7 Å². The van der Waals surface area contributed by atoms with Gasteiger partial charge in [0.25, 0.3) is 0 Å². The summed E-state index contributed by atoms with van der Waals surface area (Å²) in [4.78, 5) is 26.6. The van der Waals surface area contributed by atoms with Crippen LogP contribution < -0.4 is 19.7 Å². The third kappa shape index (κ3) is 4.59. The van der Waals surface area contributed by atoms with E-state index in [0.717, 1.165) is 0 Å². The van der Waals surface area contributed by atoms with Crippen molar-refractivity contribution in [1.29, 1.82) is 0 Å². The minimum atomic E-state index is -4.34. The second kappa shape index (κ2) is 8.51. The monoisotopic (exact) mass is 414 g/mol. The number of halogens is 3. The maximum absolute atomic E-state index is 13.3. The van der Waals surface area contributed by atoms with Gasteiger partial charge in [0, 0.05) is 25.1 Å². The average Bonchev–Trinajstić information content (AvgIpc) is 3.08. The quantitative estimate of drug-likeness (QED) is 0.803. The highest BCUT2D eigenvalue weighted by Gasteiger charge is 2.47. The Kier molecular flexibility index (Phi) is 6.24. The Balaban J connectivity index is 1.72. The fourth-order valence-electron chi connectivity index (χ4n) is 4.12. The van der Waals surface area contributed by atoms with Crippen molar-refractivity contribution in [2.24, 2.45) is 11.8 Å². The largest absolute Gasteiger partial charge is 0.497 e. The van der Waals surface area contributed by atoms with Crippen LogP contribution in [0.15, 0.2) is 18.2 Å². The molecule has 1 saturated carbocycles. The SMILES string of the molecule is COc1ccc(OC)c(N2CC(C(=O)NC3CCCCC3C(F)(F)F)CC2=O)c1. The minimum Gasteiger partial charge on any atom is -0.497 e. The number of nitrogens with zero attached hydrogens (tertiary/aromatic N) is 1. The van der Waals surface area contributed by atoms with E-state index in [2.05, 4.69) is 5.32 Å². The maximum Gasteiger partial charge on any atom is 0.393 e. The molecular weight excluding hydrogens is 389 g/mol. The van der Waals surface area contributed by atoms with E-state index in [4.69, 9.17) is 9.47 Å². The van der Waals surface area contributed by atoms with Crippen LogP contribution in [0.1, 0.15) is 32.1 Å². The molecule has 1 heterocycles. The lowest BCUT2D eigenvalue weighted by Crippen LogP contribution is -2.49. The van der Waals surface area contributed by atoms with Crippen LogP contribution in [0, 0.1) is 11.8 Å². The van der Waals surface area contributed by atoms with Crippen molar-refractivity contribution < 1.29 is 32.2 Å². The number of hydrogen-bond acceptors (Lipinski definition) is 4. The van der Waals surface area contributed by atoms with Crippen LogP contribution in [0.2, 0.25) is 0 Å². The number of carbonyl (C=O) groups excluding carboxylic acids is 2. The first-order chi connectivity index (χ1) is 13.7. The van der Waals surface area contributed by atoms with E-state index >= 15 is 0 Å². The molecule has 2 amide bonds. The summed E-state index contributed by atoms with van der Waals surface area (Å²) in [6, 6.07) is 4.04. The molecule has 9 heteroatoms. The summed E-state index contributed by atoms with van der Waals surface area (Å²) in [5.74, 6) is -2.07. The summed E-state index contributed by atoms with van der Waals surface area (Å²) in [5, 5.41) is 2.57. The van der Waals surface area contributed by atoms with Gasteiger partial charge in [0.05, 0.1) is 31.7 Å². The predicted octanol–water partition coefficient (Wildman–Crippen LogP) is 3.29. The molecule has 1 aliphatic carbocycles. The van der Waals surface area contributed by atoms with Crippen LogP contribution in [0.4, 0.5) is 18.9 Å². The Morgan fingerprint density at radius 3 is 2.55 bits per heavy atom. The summed E-state index contributed by atoms with van der Waals surface area (Å²) < 4.78 is 50.3. The first-order valence-electron chi connectivity index (χ1n) is 9.64. The molecule has 2 aliphatic rings. The van der Waals surface area contributed by atoms with E-state index in [9.17, 15) is 22.8 Å². The predicted molar refractivity (Wildman–Crippen MR) is 99.9 cm³/mol. The van der Waals surface area contributed by atoms with Gasteiger partial charge in [0.2, 0.25) is 11.8 Å². The van der Waals surface area contributed by atoms with Gasteiger partial charge < -0.3 is 19.7 Å². The number of alkyl halides is 3. The molecule has 3 unspecified atom stereocenters. The Hall–Kier alpha value is -2.45. The van der Waals surface area contributed by atoms with Gasteiger partial charge in [-0.1, -0.05) is 12.8 Å². The molecule has 0 radical (unpaired) electrons. The molecule has 0 bridgehead atoms. The summed E-state index contributed by atoms with van der Waals surface area (Å²) in [6.45, 7) is 0.0810. The summed E-state index contributed by atoms with van der Waals surface area (Å²) in [7, 11) is 2.96. The molecule has 1 aromatic rings. The summed E-state index contributed by atoms with van der Waals surface area (Å²) in [6.07, 6.45) is -2.94. The Morgan fingerprint density at radius 1 is 1.17 bits per heavy atom. The zero-order valence-electron chi connectivity index (χ0n) is 16.4. The van der Waals surface area contributed by atoms with Gasteiger partial charge in [-0.2, -0.15) is 13.2 Å². The molecule has 160 valence electrons. The van der Waals surface area contributed by atoms with Crippen LogP contribution in [0.5, 0.6) is 11.5 Å². The van der Waals surface area contributed by atoms with Crippen molar-refractivity contribution in [3.8, 4) is 11.5 Å². The van der Waals surface area contributed by atoms with Crippen LogP contribution >= 0.6 is 0 Å². The number of methoxy groups -OCH3 is 2. The fourth-order valence-corrected chi connectivity index (χ4v) is 4.12. The third-order valence-electron chi connectivity index (χ3n) is 5.69. The summed E-state index contributed by atoms with van der Waals surface area (Å²) in [5.41, 5.74) is 0.470. The van der Waals surface area contributed by atoms with Crippen molar-refractivity contribution in [2.45, 2.75) is 44.3 Å². The second-order valence-corrected chi connectivity index (χ2v) is 7.49. The maximum atomic E-state index is 13.3. The van der Waals surface area contributed by atoms with E-state index in [1.165, 1.54) is 19.1 Å². The zero-order chi connectivity index (χ0) is 21.2. The lowest BCUT2D eigenvalue weighted by atomic mass is 9.83. The number of carbonyl (C=O) groups is 2. The van der Waals surface area contributed by atoms with Crippen LogP contribution in [-0.2, 0) is 9.59 Å². The van der Waals surface area contributed by atoms with E-state index in [1.54, 1.807) is 18.2 Å². The normalized spacial score (nSPS) is 25.1. The number of amides is 2. The second-order valence-electron chi connectivity index (χ2n) is 7.49. The van der Waals surface area contributed by atoms with Gasteiger partial charge in [0.15, 0.2) is 0 Å². The van der Waals surface area contributed by atoms with Crippen molar-refractivity contribution >= 4 is 17.5 Å². The first kappa shape index (κ1) is 21.3. The summed E-state index contributed by atoms with van der Waals surface area (Å²) >= 11 is 0. The highest BCUT2D eigenvalue weighted by molar-refractivity contribution is 6.01. The van der Waals surface area contributed by atoms with Gasteiger partial charge in [-0.25, -0.2) is 0 Å². The molecule has 0 aromatic heterocycles. The molecular formula is C20H25F3N2O4. The van der Waals surface area contributed by atoms with E-state index < -0.39 is 30.0 Å². The Labute approximate surface area is 167 Å². The fraction of sp³-hybridized carbons (Fsp3) is 0.600. The zero-order valence-corrected chi connectivity index (χ0v) is 16.4. The molecule has 1 aliphatic heterocycles. The standard InChI is InChI=1S/C20H25F3N2O4/c1-28-13-7-8-17(29-2)16(10-13)25-11-12(9-18(25)26)19(27)24-15-6-4-3-5-14(15)20(21,22)23/h7-8,10,12,14-15H,3-6,9,11H2,1-2H3,(H,24,27). The van der Waals surface area contributed by atoms with E-state index in [1.807, 2.05) is 0 Å². The lowest BCUT2D eigenvalue weighted by Gasteiger charge is -2.34. The highest BCUT2D eigenvalue weighted by atomic mass is 19.4. The molecule has 0 spiro atoms. The molecule has 3 atom stereocenters. The third-order valence-corrected chi connectivity index (χ3v) is 5.69. The van der Waals surface area contributed by atoms with Crippen molar-refractivity contribution in [3.63, 3.8) is 0 Å². The molecule has 2 fully saturated rings. The number of benzene rings is 1. The number of hydrogen-bond donors (Lipinski definition) is 1. The van der Waals surface area contributed by atoms with Crippen molar-refractivity contribution in [3.05, 3.63) is 18.2 Å². The van der Waals surface area contributed by atoms with Gasteiger partial charge >= 0.3 is 6.18 Å². The van der Waals surface area contributed by atoms with E-state index in [0.29, 0.717) is 36.4 Å². The van der Waals surface area contributed by atoms with Gasteiger partial charge in [-0.3, -0.25) is 9.59 Å². The molecule has 1 N–H and O–H groups in total. The Morgan fingerprint density at radius 2 is 1.90 bits per heavy atom. The van der Waals surface area contributed by atoms with Crippen LogP contribution in [-0.4, -0.2) is 44.8 Å².